The van der Waals surface area contributed by atoms with Crippen molar-refractivity contribution in [3.63, 3.8) is 0 Å². The molecule has 1 N–H and O–H groups in total. The molecule has 5 rings (SSSR count). The predicted octanol–water partition coefficient (Wildman–Crippen LogP) is 2.81. The predicted molar refractivity (Wildman–Crippen MR) is 117 cm³/mol. The summed E-state index contributed by atoms with van der Waals surface area (Å²) >= 11 is 0. The summed E-state index contributed by atoms with van der Waals surface area (Å²) in [5.41, 5.74) is 2.65. The lowest BCUT2D eigenvalue weighted by Crippen LogP contribution is -2.41. The molecule has 9 heteroatoms. The Morgan fingerprint density at radius 1 is 1.03 bits per heavy atom. The van der Waals surface area contributed by atoms with Gasteiger partial charge < -0.3 is 19.7 Å². The number of ether oxygens (including phenoxy) is 2. The molecular weight excluding hydrogens is 396 g/mol. The van der Waals surface area contributed by atoms with E-state index in [1.54, 1.807) is 35.6 Å². The molecule has 31 heavy (non-hydrogen) atoms. The quantitative estimate of drug-likeness (QED) is 0.699. The SMILES string of the molecule is O=C(Nc1ccncc1)N1CCOc2cnc(-c3cccc(N4CCOCC4)c3)nc21. The van der Waals surface area contributed by atoms with Crippen molar-refractivity contribution < 1.29 is 14.3 Å². The highest BCUT2D eigenvalue weighted by atomic mass is 16.5. The summed E-state index contributed by atoms with van der Waals surface area (Å²) < 4.78 is 11.1. The number of rotatable bonds is 3. The average molecular weight is 418 g/mol. The number of aromatic nitrogens is 3. The van der Waals surface area contributed by atoms with E-state index in [9.17, 15) is 4.79 Å². The maximum atomic E-state index is 12.9. The van der Waals surface area contributed by atoms with E-state index in [4.69, 9.17) is 9.47 Å². The molecule has 9 nitrogen and oxygen atoms in total. The number of urea groups is 1. The van der Waals surface area contributed by atoms with Crippen LogP contribution in [-0.2, 0) is 4.74 Å². The first-order valence-electron chi connectivity index (χ1n) is 10.2. The van der Waals surface area contributed by atoms with Gasteiger partial charge in [0.1, 0.15) is 6.61 Å². The summed E-state index contributed by atoms with van der Waals surface area (Å²) in [5, 5.41) is 2.88. The summed E-state index contributed by atoms with van der Waals surface area (Å²) in [6.45, 7) is 3.92. The van der Waals surface area contributed by atoms with Crippen LogP contribution >= 0.6 is 0 Å². The third kappa shape index (κ3) is 4.13. The minimum atomic E-state index is -0.275. The average Bonchev–Trinajstić information content (AvgIpc) is 2.84. The Hall–Kier alpha value is -3.72. The van der Waals surface area contributed by atoms with Gasteiger partial charge in [0.2, 0.25) is 0 Å². The first-order valence-corrected chi connectivity index (χ1v) is 10.2. The Kier molecular flexibility index (Phi) is 5.32. The van der Waals surface area contributed by atoms with Crippen LogP contribution in [0, 0.1) is 0 Å². The molecule has 2 aliphatic heterocycles. The van der Waals surface area contributed by atoms with E-state index in [2.05, 4.69) is 37.3 Å². The third-order valence-corrected chi connectivity index (χ3v) is 5.22. The van der Waals surface area contributed by atoms with Gasteiger partial charge in [-0.2, -0.15) is 0 Å². The van der Waals surface area contributed by atoms with Crippen LogP contribution in [0.5, 0.6) is 5.75 Å². The van der Waals surface area contributed by atoms with Gasteiger partial charge >= 0.3 is 6.03 Å². The van der Waals surface area contributed by atoms with Crippen LogP contribution in [0.2, 0.25) is 0 Å². The van der Waals surface area contributed by atoms with E-state index in [1.165, 1.54) is 0 Å². The van der Waals surface area contributed by atoms with Crippen molar-refractivity contribution in [1.82, 2.24) is 15.0 Å². The van der Waals surface area contributed by atoms with Gasteiger partial charge in [0.15, 0.2) is 17.4 Å². The molecule has 0 unspecified atom stereocenters. The Balaban J connectivity index is 1.42. The Morgan fingerprint density at radius 3 is 2.71 bits per heavy atom. The van der Waals surface area contributed by atoms with Gasteiger partial charge in [0.25, 0.3) is 0 Å². The number of nitrogens with one attached hydrogen (secondary N) is 1. The molecule has 0 bridgehead atoms. The van der Waals surface area contributed by atoms with E-state index in [0.717, 1.165) is 37.6 Å². The van der Waals surface area contributed by atoms with Crippen molar-refractivity contribution in [1.29, 1.82) is 0 Å². The van der Waals surface area contributed by atoms with Crippen LogP contribution < -0.4 is 19.9 Å². The van der Waals surface area contributed by atoms with E-state index >= 15 is 0 Å². The topological polar surface area (TPSA) is 92.7 Å². The molecule has 0 atom stereocenters. The zero-order chi connectivity index (χ0) is 21.0. The second-order valence-corrected chi connectivity index (χ2v) is 7.20. The molecule has 0 aliphatic carbocycles. The molecule has 2 aliphatic rings. The van der Waals surface area contributed by atoms with Gasteiger partial charge in [0.05, 0.1) is 26.0 Å². The number of pyridine rings is 1. The molecule has 1 fully saturated rings. The maximum absolute atomic E-state index is 12.9. The van der Waals surface area contributed by atoms with Crippen LogP contribution in [0.3, 0.4) is 0 Å². The van der Waals surface area contributed by atoms with Crippen molar-refractivity contribution in [3.05, 3.63) is 55.0 Å². The smallest absolute Gasteiger partial charge is 0.327 e. The first-order chi connectivity index (χ1) is 15.3. The molecule has 0 spiro atoms. The molecule has 4 heterocycles. The number of anilines is 3. The number of benzene rings is 1. The van der Waals surface area contributed by atoms with Crippen LogP contribution in [0.25, 0.3) is 11.4 Å². The number of amides is 2. The summed E-state index contributed by atoms with van der Waals surface area (Å²) in [5.74, 6) is 1.49. The fourth-order valence-electron chi connectivity index (χ4n) is 3.64. The Bertz CT molecular complexity index is 1070. The zero-order valence-corrected chi connectivity index (χ0v) is 16.9. The summed E-state index contributed by atoms with van der Waals surface area (Å²) in [7, 11) is 0. The summed E-state index contributed by atoms with van der Waals surface area (Å²) in [6.07, 6.45) is 4.89. The van der Waals surface area contributed by atoms with Gasteiger partial charge in [-0.25, -0.2) is 14.8 Å². The maximum Gasteiger partial charge on any atom is 0.327 e. The van der Waals surface area contributed by atoms with Crippen molar-refractivity contribution >= 4 is 23.2 Å². The second kappa shape index (κ2) is 8.57. The van der Waals surface area contributed by atoms with Gasteiger partial charge in [-0.05, 0) is 24.3 Å². The molecule has 0 radical (unpaired) electrons. The fraction of sp³-hybridized carbons (Fsp3) is 0.273. The second-order valence-electron chi connectivity index (χ2n) is 7.20. The monoisotopic (exact) mass is 418 g/mol. The van der Waals surface area contributed by atoms with Crippen LogP contribution in [0.4, 0.5) is 22.0 Å². The molecular formula is C22H22N6O3. The van der Waals surface area contributed by atoms with Gasteiger partial charge in [-0.15, -0.1) is 0 Å². The lowest BCUT2D eigenvalue weighted by atomic mass is 10.1. The molecule has 0 saturated carbocycles. The van der Waals surface area contributed by atoms with Gasteiger partial charge in [0, 0.05) is 42.4 Å². The van der Waals surface area contributed by atoms with Gasteiger partial charge in [-0.1, -0.05) is 12.1 Å². The minimum Gasteiger partial charge on any atom is -0.486 e. The molecule has 2 amide bonds. The highest BCUT2D eigenvalue weighted by Gasteiger charge is 2.26. The third-order valence-electron chi connectivity index (χ3n) is 5.22. The van der Waals surface area contributed by atoms with E-state index in [-0.39, 0.29) is 6.03 Å². The van der Waals surface area contributed by atoms with Gasteiger partial charge in [-0.3, -0.25) is 9.88 Å². The normalized spacial score (nSPS) is 15.7. The molecule has 158 valence electrons. The molecule has 1 saturated heterocycles. The lowest BCUT2D eigenvalue weighted by molar-refractivity contribution is 0.122. The fourth-order valence-corrected chi connectivity index (χ4v) is 3.64. The summed E-state index contributed by atoms with van der Waals surface area (Å²) in [4.78, 5) is 29.9. The number of morpholine rings is 1. The van der Waals surface area contributed by atoms with Crippen molar-refractivity contribution in [2.75, 3.05) is 54.6 Å². The highest BCUT2D eigenvalue weighted by Crippen LogP contribution is 2.32. The molecule has 3 aromatic rings. The van der Waals surface area contributed by atoms with E-state index in [1.807, 2.05) is 12.1 Å². The van der Waals surface area contributed by atoms with Crippen LogP contribution in [0.1, 0.15) is 0 Å². The highest BCUT2D eigenvalue weighted by molar-refractivity contribution is 6.02. The molecule has 2 aromatic heterocycles. The van der Waals surface area contributed by atoms with Crippen molar-refractivity contribution in [3.8, 4) is 17.1 Å². The summed E-state index contributed by atoms with van der Waals surface area (Å²) in [6, 6.07) is 11.3. The first kappa shape index (κ1) is 19.3. The van der Waals surface area contributed by atoms with Crippen LogP contribution in [-0.4, -0.2) is 60.4 Å². The number of hydrogen-bond acceptors (Lipinski definition) is 7. The number of fused-ring (bicyclic) bond motifs is 1. The number of nitrogens with zero attached hydrogens (tertiary/aromatic N) is 5. The Morgan fingerprint density at radius 2 is 1.87 bits per heavy atom. The number of carbonyl (C=O) groups is 1. The van der Waals surface area contributed by atoms with Crippen molar-refractivity contribution in [2.45, 2.75) is 0 Å². The van der Waals surface area contributed by atoms with Crippen LogP contribution in [0.15, 0.2) is 55.0 Å². The standard InChI is InChI=1S/C22H22N6O3/c29-22(25-17-4-6-23-7-5-17)28-10-13-31-19-15-24-20(26-21(19)28)16-2-1-3-18(14-16)27-8-11-30-12-9-27/h1-7,14-15H,8-13H2,(H,23,25,29). The lowest BCUT2D eigenvalue weighted by Gasteiger charge is -2.29. The minimum absolute atomic E-state index is 0.275. The van der Waals surface area contributed by atoms with E-state index < -0.39 is 0 Å². The van der Waals surface area contributed by atoms with E-state index in [0.29, 0.717) is 36.2 Å². The largest absolute Gasteiger partial charge is 0.486 e. The Labute approximate surface area is 179 Å². The number of carbonyl (C=O) groups excluding carboxylic acids is 1. The molecule has 1 aromatic carbocycles. The number of hydrogen-bond donors (Lipinski definition) is 1. The van der Waals surface area contributed by atoms with Crippen molar-refractivity contribution in [2.24, 2.45) is 0 Å². The zero-order valence-electron chi connectivity index (χ0n) is 16.9.